The van der Waals surface area contributed by atoms with Gasteiger partial charge in [0.1, 0.15) is 0 Å². The Kier molecular flexibility index (Phi) is 4.02. The molecule has 0 fully saturated rings. The van der Waals surface area contributed by atoms with E-state index >= 15 is 0 Å². The predicted octanol–water partition coefficient (Wildman–Crippen LogP) is 1.63. The third-order valence-electron chi connectivity index (χ3n) is 2.00. The Morgan fingerprint density at radius 2 is 2.27 bits per heavy atom. The molecular formula is C9H11ClN2O3. The first-order valence-electron chi connectivity index (χ1n) is 4.39. The summed E-state index contributed by atoms with van der Waals surface area (Å²) in [7, 11) is 0. The van der Waals surface area contributed by atoms with Gasteiger partial charge in [-0.2, -0.15) is 0 Å². The molecule has 0 spiro atoms. The summed E-state index contributed by atoms with van der Waals surface area (Å²) in [5.41, 5.74) is 5.23. The van der Waals surface area contributed by atoms with E-state index in [9.17, 15) is 15.2 Å². The molecule has 0 aliphatic rings. The molecule has 0 saturated heterocycles. The summed E-state index contributed by atoms with van der Waals surface area (Å²) in [5, 5.41) is 20.5. The zero-order valence-electron chi connectivity index (χ0n) is 7.89. The van der Waals surface area contributed by atoms with Crippen LogP contribution < -0.4 is 5.73 Å². The van der Waals surface area contributed by atoms with Crippen LogP contribution in [0.3, 0.4) is 0 Å². The topological polar surface area (TPSA) is 89.4 Å². The largest absolute Gasteiger partial charge is 0.388 e. The maximum absolute atomic E-state index is 10.7. The first-order valence-corrected chi connectivity index (χ1v) is 4.76. The van der Waals surface area contributed by atoms with E-state index in [1.165, 1.54) is 18.2 Å². The summed E-state index contributed by atoms with van der Waals surface area (Å²) in [6, 6.07) is 4.28. The average Bonchev–Trinajstić information content (AvgIpc) is 2.17. The highest BCUT2D eigenvalue weighted by molar-refractivity contribution is 6.31. The second-order valence-electron chi connectivity index (χ2n) is 3.02. The number of benzene rings is 1. The van der Waals surface area contributed by atoms with Crippen LogP contribution >= 0.6 is 11.6 Å². The van der Waals surface area contributed by atoms with Gasteiger partial charge in [-0.1, -0.05) is 17.7 Å². The van der Waals surface area contributed by atoms with Crippen LogP contribution in [0.4, 0.5) is 5.69 Å². The van der Waals surface area contributed by atoms with Gasteiger partial charge in [0.15, 0.2) is 0 Å². The first kappa shape index (κ1) is 11.9. The van der Waals surface area contributed by atoms with Crippen molar-refractivity contribution in [2.45, 2.75) is 12.5 Å². The molecule has 0 aliphatic carbocycles. The first-order chi connectivity index (χ1) is 7.07. The molecule has 0 heterocycles. The van der Waals surface area contributed by atoms with Gasteiger partial charge in [-0.3, -0.25) is 10.1 Å². The normalized spacial score (nSPS) is 12.5. The van der Waals surface area contributed by atoms with Crippen molar-refractivity contribution in [1.82, 2.24) is 0 Å². The number of nitrogens with zero attached hydrogens (tertiary/aromatic N) is 1. The van der Waals surface area contributed by atoms with Crippen molar-refractivity contribution < 1.29 is 10.0 Å². The Balaban J connectivity index is 3.18. The van der Waals surface area contributed by atoms with E-state index < -0.39 is 11.0 Å². The third-order valence-corrected chi connectivity index (χ3v) is 2.33. The van der Waals surface area contributed by atoms with Gasteiger partial charge in [-0.05, 0) is 19.0 Å². The van der Waals surface area contributed by atoms with E-state index in [1.807, 2.05) is 0 Å². The van der Waals surface area contributed by atoms with Crippen LogP contribution in [0.1, 0.15) is 18.1 Å². The lowest BCUT2D eigenvalue weighted by atomic mass is 10.0. The number of nitro benzene ring substituents is 1. The van der Waals surface area contributed by atoms with Gasteiger partial charge in [-0.15, -0.1) is 0 Å². The summed E-state index contributed by atoms with van der Waals surface area (Å²) in [6.07, 6.45) is -0.756. The van der Waals surface area contributed by atoms with Crippen LogP contribution in [0.2, 0.25) is 5.02 Å². The Hall–Kier alpha value is -1.17. The fourth-order valence-corrected chi connectivity index (χ4v) is 1.61. The minimum atomic E-state index is -0.996. The minimum Gasteiger partial charge on any atom is -0.388 e. The lowest BCUT2D eigenvalue weighted by Crippen LogP contribution is -2.09. The number of hydrogen-bond donors (Lipinski definition) is 2. The minimum absolute atomic E-state index is 0.134. The number of nitrogens with two attached hydrogens (primary N) is 1. The molecule has 1 rings (SSSR count). The number of nitro groups is 1. The lowest BCUT2D eigenvalue weighted by molar-refractivity contribution is -0.386. The van der Waals surface area contributed by atoms with E-state index in [1.54, 1.807) is 0 Å². The standard InChI is InChI=1S/C9H11ClN2O3/c10-6-2-1-3-7(12(14)15)9(6)8(13)4-5-11/h1-3,8,13H,4-5,11H2. The molecule has 0 amide bonds. The molecule has 82 valence electrons. The summed E-state index contributed by atoms with van der Waals surface area (Å²) < 4.78 is 0. The summed E-state index contributed by atoms with van der Waals surface area (Å²) in [5.74, 6) is 0. The number of aliphatic hydroxyl groups excluding tert-OH is 1. The molecular weight excluding hydrogens is 220 g/mol. The van der Waals surface area contributed by atoms with Crippen molar-refractivity contribution in [1.29, 1.82) is 0 Å². The second-order valence-corrected chi connectivity index (χ2v) is 3.43. The van der Waals surface area contributed by atoms with Crippen LogP contribution in [0.15, 0.2) is 18.2 Å². The molecule has 0 bridgehead atoms. The average molecular weight is 231 g/mol. The van der Waals surface area contributed by atoms with Gasteiger partial charge in [0.2, 0.25) is 0 Å². The van der Waals surface area contributed by atoms with Crippen molar-refractivity contribution in [3.63, 3.8) is 0 Å². The van der Waals surface area contributed by atoms with Crippen molar-refractivity contribution in [3.8, 4) is 0 Å². The van der Waals surface area contributed by atoms with Crippen LogP contribution in [-0.2, 0) is 0 Å². The quantitative estimate of drug-likeness (QED) is 0.608. The van der Waals surface area contributed by atoms with E-state index in [-0.39, 0.29) is 29.2 Å². The number of halogens is 1. The summed E-state index contributed by atoms with van der Waals surface area (Å²) in [6.45, 7) is 0.240. The number of aliphatic hydroxyl groups is 1. The molecule has 1 aromatic carbocycles. The van der Waals surface area contributed by atoms with Crippen LogP contribution in [-0.4, -0.2) is 16.6 Å². The fourth-order valence-electron chi connectivity index (χ4n) is 1.32. The lowest BCUT2D eigenvalue weighted by Gasteiger charge is -2.11. The highest BCUT2D eigenvalue weighted by Crippen LogP contribution is 2.33. The molecule has 5 nitrogen and oxygen atoms in total. The van der Waals surface area contributed by atoms with Gasteiger partial charge in [0.05, 0.1) is 21.6 Å². The van der Waals surface area contributed by atoms with Crippen molar-refractivity contribution in [3.05, 3.63) is 38.9 Å². The van der Waals surface area contributed by atoms with Gasteiger partial charge in [0.25, 0.3) is 5.69 Å². The van der Waals surface area contributed by atoms with Crippen LogP contribution in [0.5, 0.6) is 0 Å². The molecule has 1 unspecified atom stereocenters. The predicted molar refractivity (Wildman–Crippen MR) is 56.7 cm³/mol. The van der Waals surface area contributed by atoms with Gasteiger partial charge in [-0.25, -0.2) is 0 Å². The molecule has 3 N–H and O–H groups in total. The Labute approximate surface area is 91.6 Å². The maximum atomic E-state index is 10.7. The zero-order chi connectivity index (χ0) is 11.4. The molecule has 1 aromatic rings. The van der Waals surface area contributed by atoms with E-state index in [4.69, 9.17) is 17.3 Å². The summed E-state index contributed by atoms with van der Waals surface area (Å²) >= 11 is 5.80. The van der Waals surface area contributed by atoms with Crippen molar-refractivity contribution >= 4 is 17.3 Å². The third kappa shape index (κ3) is 2.65. The molecule has 0 saturated carbocycles. The molecule has 0 aliphatic heterocycles. The maximum Gasteiger partial charge on any atom is 0.276 e. The molecule has 6 heteroatoms. The highest BCUT2D eigenvalue weighted by atomic mass is 35.5. The van der Waals surface area contributed by atoms with E-state index in [0.29, 0.717) is 0 Å². The zero-order valence-corrected chi connectivity index (χ0v) is 8.65. The fraction of sp³-hybridized carbons (Fsp3) is 0.333. The SMILES string of the molecule is NCCC(O)c1c(Cl)cccc1[N+](=O)[O-]. The van der Waals surface area contributed by atoms with Crippen LogP contribution in [0, 0.1) is 10.1 Å². The Bertz CT molecular complexity index is 370. The van der Waals surface area contributed by atoms with Crippen LogP contribution in [0.25, 0.3) is 0 Å². The highest BCUT2D eigenvalue weighted by Gasteiger charge is 2.22. The number of rotatable bonds is 4. The smallest absolute Gasteiger partial charge is 0.276 e. The molecule has 0 radical (unpaired) electrons. The van der Waals surface area contributed by atoms with Gasteiger partial charge >= 0.3 is 0 Å². The summed E-state index contributed by atoms with van der Waals surface area (Å²) in [4.78, 5) is 10.1. The molecule has 15 heavy (non-hydrogen) atoms. The molecule has 1 atom stereocenters. The number of hydrogen-bond acceptors (Lipinski definition) is 4. The Morgan fingerprint density at radius 1 is 1.60 bits per heavy atom. The van der Waals surface area contributed by atoms with E-state index in [2.05, 4.69) is 0 Å². The monoisotopic (exact) mass is 230 g/mol. The van der Waals surface area contributed by atoms with E-state index in [0.717, 1.165) is 0 Å². The second kappa shape index (κ2) is 5.06. The van der Waals surface area contributed by atoms with Crippen molar-refractivity contribution in [2.24, 2.45) is 5.73 Å². The van der Waals surface area contributed by atoms with Gasteiger partial charge in [0, 0.05) is 6.07 Å². The van der Waals surface area contributed by atoms with Crippen molar-refractivity contribution in [2.75, 3.05) is 6.54 Å². The van der Waals surface area contributed by atoms with Gasteiger partial charge < -0.3 is 10.8 Å². The molecule has 0 aromatic heterocycles. The Morgan fingerprint density at radius 3 is 2.80 bits per heavy atom.